The number of nitrogens with two attached hydrogens (primary N) is 1. The van der Waals surface area contributed by atoms with Crippen LogP contribution < -0.4 is 11.1 Å². The van der Waals surface area contributed by atoms with Gasteiger partial charge in [0.15, 0.2) is 5.82 Å². The molecule has 0 aliphatic rings. The second kappa shape index (κ2) is 3.10. The molecule has 0 atom stereocenters. The number of hydrogen-bond acceptors (Lipinski definition) is 5. The zero-order chi connectivity index (χ0) is 9.10. The van der Waals surface area contributed by atoms with Crippen molar-refractivity contribution in [1.82, 2.24) is 20.4 Å². The molecule has 2 aromatic heterocycles. The van der Waals surface area contributed by atoms with Crippen molar-refractivity contribution >= 4 is 17.3 Å². The highest BCUT2D eigenvalue weighted by atomic mass is 15.2. The summed E-state index contributed by atoms with van der Waals surface area (Å²) in [5.41, 5.74) is 6.21. The summed E-state index contributed by atoms with van der Waals surface area (Å²) < 4.78 is 0. The third-order valence-electron chi connectivity index (χ3n) is 1.46. The number of nitrogens with zero attached hydrogens (tertiary/aromatic N) is 3. The Bertz CT molecular complexity index is 364. The number of hydrogen-bond donors (Lipinski definition) is 3. The molecule has 6 nitrogen and oxygen atoms in total. The molecule has 0 fully saturated rings. The molecule has 4 N–H and O–H groups in total. The summed E-state index contributed by atoms with van der Waals surface area (Å²) in [5, 5.41) is 17.0. The van der Waals surface area contributed by atoms with Gasteiger partial charge in [-0.15, -0.1) is 10.2 Å². The van der Waals surface area contributed by atoms with E-state index < -0.39 is 0 Å². The lowest BCUT2D eigenvalue weighted by Gasteiger charge is -1.99. The van der Waals surface area contributed by atoms with Gasteiger partial charge in [0.05, 0.1) is 11.9 Å². The highest BCUT2D eigenvalue weighted by molar-refractivity contribution is 5.53. The molecule has 0 unspecified atom stereocenters. The molecule has 13 heavy (non-hydrogen) atoms. The van der Waals surface area contributed by atoms with E-state index in [2.05, 4.69) is 25.7 Å². The topological polar surface area (TPSA) is 92.5 Å². The van der Waals surface area contributed by atoms with E-state index in [0.717, 1.165) is 5.69 Å². The molecule has 0 amide bonds. The van der Waals surface area contributed by atoms with Crippen molar-refractivity contribution in [2.24, 2.45) is 0 Å². The summed E-state index contributed by atoms with van der Waals surface area (Å²) in [5.74, 6) is 1.04. The second-order valence-corrected chi connectivity index (χ2v) is 2.46. The van der Waals surface area contributed by atoms with Gasteiger partial charge < -0.3 is 11.1 Å². The largest absolute Gasteiger partial charge is 0.382 e. The molecular weight excluding hydrogens is 168 g/mol. The van der Waals surface area contributed by atoms with Crippen LogP contribution in [0.4, 0.5) is 17.3 Å². The zero-order valence-electron chi connectivity index (χ0n) is 6.73. The predicted octanol–water partition coefficient (Wildman–Crippen LogP) is 0.525. The lowest BCUT2D eigenvalue weighted by molar-refractivity contribution is 1.05. The molecule has 2 rings (SSSR count). The molecule has 2 heterocycles. The van der Waals surface area contributed by atoms with Crippen LogP contribution >= 0.6 is 0 Å². The van der Waals surface area contributed by atoms with Crippen LogP contribution in [0.15, 0.2) is 24.5 Å². The van der Waals surface area contributed by atoms with E-state index in [1.807, 2.05) is 0 Å². The van der Waals surface area contributed by atoms with Crippen LogP contribution in [0.5, 0.6) is 0 Å². The lowest BCUT2D eigenvalue weighted by atomic mass is 10.5. The Hall–Kier alpha value is -2.11. The van der Waals surface area contributed by atoms with E-state index >= 15 is 0 Å². The van der Waals surface area contributed by atoms with E-state index in [4.69, 9.17) is 5.73 Å². The summed E-state index contributed by atoms with van der Waals surface area (Å²) in [4.78, 5) is 0. The van der Waals surface area contributed by atoms with Crippen LogP contribution in [0.25, 0.3) is 0 Å². The highest BCUT2D eigenvalue weighted by Gasteiger charge is 1.96. The molecular formula is C7H8N6. The third kappa shape index (κ3) is 1.73. The third-order valence-corrected chi connectivity index (χ3v) is 1.46. The molecule has 0 aromatic carbocycles. The SMILES string of the molecule is Nc1ccc(Nc2cn[nH]c2)nn1. The first-order valence-electron chi connectivity index (χ1n) is 3.69. The summed E-state index contributed by atoms with van der Waals surface area (Å²) in [6.07, 6.45) is 3.37. The Morgan fingerprint density at radius 1 is 1.31 bits per heavy atom. The smallest absolute Gasteiger partial charge is 0.153 e. The Labute approximate surface area is 74.2 Å². The van der Waals surface area contributed by atoms with Gasteiger partial charge in [-0.2, -0.15) is 5.10 Å². The minimum atomic E-state index is 0.401. The molecule has 6 heteroatoms. The maximum atomic E-state index is 5.38. The highest BCUT2D eigenvalue weighted by Crippen LogP contribution is 2.10. The number of H-pyrrole nitrogens is 1. The normalized spacial score (nSPS) is 9.85. The molecule has 66 valence electrons. The Balaban J connectivity index is 2.15. The second-order valence-electron chi connectivity index (χ2n) is 2.46. The van der Waals surface area contributed by atoms with Gasteiger partial charge in [-0.3, -0.25) is 5.10 Å². The van der Waals surface area contributed by atoms with Gasteiger partial charge in [0, 0.05) is 6.20 Å². The van der Waals surface area contributed by atoms with Crippen LogP contribution in [0, 0.1) is 0 Å². The molecule has 0 saturated carbocycles. The summed E-state index contributed by atoms with van der Waals surface area (Å²) in [6, 6.07) is 3.42. The van der Waals surface area contributed by atoms with Crippen molar-refractivity contribution in [3.8, 4) is 0 Å². The first-order chi connectivity index (χ1) is 6.34. The van der Waals surface area contributed by atoms with Gasteiger partial charge in [-0.05, 0) is 12.1 Å². The Morgan fingerprint density at radius 3 is 2.85 bits per heavy atom. The fourth-order valence-corrected chi connectivity index (χ4v) is 0.876. The first kappa shape index (κ1) is 7.53. The first-order valence-corrected chi connectivity index (χ1v) is 3.69. The van der Waals surface area contributed by atoms with Gasteiger partial charge in [-0.25, -0.2) is 0 Å². The fraction of sp³-hybridized carbons (Fsp3) is 0. The minimum absolute atomic E-state index is 0.401. The average Bonchev–Trinajstić information content (AvgIpc) is 2.62. The van der Waals surface area contributed by atoms with Crippen molar-refractivity contribution in [3.05, 3.63) is 24.5 Å². The van der Waals surface area contributed by atoms with Gasteiger partial charge in [0.25, 0.3) is 0 Å². The van der Waals surface area contributed by atoms with E-state index in [-0.39, 0.29) is 0 Å². The molecule has 0 radical (unpaired) electrons. The number of nitrogens with one attached hydrogen (secondary N) is 2. The molecule has 2 aromatic rings. The molecule has 0 aliphatic carbocycles. The summed E-state index contributed by atoms with van der Waals surface area (Å²) >= 11 is 0. The number of nitrogen functional groups attached to an aromatic ring is 1. The van der Waals surface area contributed by atoms with Crippen molar-refractivity contribution in [2.75, 3.05) is 11.1 Å². The lowest BCUT2D eigenvalue weighted by Crippen LogP contribution is -1.97. The van der Waals surface area contributed by atoms with Crippen LogP contribution in [0.3, 0.4) is 0 Å². The van der Waals surface area contributed by atoms with E-state index in [1.165, 1.54) is 0 Å². The van der Waals surface area contributed by atoms with Gasteiger partial charge in [-0.1, -0.05) is 0 Å². The van der Waals surface area contributed by atoms with Crippen LogP contribution in [0.1, 0.15) is 0 Å². The zero-order valence-corrected chi connectivity index (χ0v) is 6.73. The molecule has 0 spiro atoms. The van der Waals surface area contributed by atoms with Crippen molar-refractivity contribution in [1.29, 1.82) is 0 Å². The average molecular weight is 176 g/mol. The monoisotopic (exact) mass is 176 g/mol. The van der Waals surface area contributed by atoms with Crippen molar-refractivity contribution in [2.45, 2.75) is 0 Å². The van der Waals surface area contributed by atoms with Gasteiger partial charge >= 0.3 is 0 Å². The standard InChI is InChI=1S/C7H8N6/c8-6-1-2-7(13-12-6)11-5-3-9-10-4-5/h1-4H,(H2,8,12)(H,9,10)(H,11,13). The summed E-state index contributed by atoms with van der Waals surface area (Å²) in [7, 11) is 0. The Morgan fingerprint density at radius 2 is 2.23 bits per heavy atom. The minimum Gasteiger partial charge on any atom is -0.382 e. The summed E-state index contributed by atoms with van der Waals surface area (Å²) in [6.45, 7) is 0. The van der Waals surface area contributed by atoms with Crippen molar-refractivity contribution < 1.29 is 0 Å². The molecule has 0 aliphatic heterocycles. The van der Waals surface area contributed by atoms with E-state index in [1.54, 1.807) is 24.5 Å². The number of rotatable bonds is 2. The fourth-order valence-electron chi connectivity index (χ4n) is 0.876. The quantitative estimate of drug-likeness (QED) is 0.620. The molecule has 0 saturated heterocycles. The van der Waals surface area contributed by atoms with Crippen LogP contribution in [-0.4, -0.2) is 20.4 Å². The maximum absolute atomic E-state index is 5.38. The number of anilines is 3. The maximum Gasteiger partial charge on any atom is 0.153 e. The van der Waals surface area contributed by atoms with Gasteiger partial charge in [0.1, 0.15) is 5.82 Å². The van der Waals surface area contributed by atoms with E-state index in [0.29, 0.717) is 11.6 Å². The number of aromatic nitrogens is 4. The van der Waals surface area contributed by atoms with Gasteiger partial charge in [0.2, 0.25) is 0 Å². The van der Waals surface area contributed by atoms with Crippen molar-refractivity contribution in [3.63, 3.8) is 0 Å². The molecule has 0 bridgehead atoms. The Kier molecular flexibility index (Phi) is 1.79. The predicted molar refractivity (Wildman–Crippen MR) is 48.3 cm³/mol. The van der Waals surface area contributed by atoms with Crippen LogP contribution in [-0.2, 0) is 0 Å². The van der Waals surface area contributed by atoms with Crippen LogP contribution in [0.2, 0.25) is 0 Å². The number of aromatic amines is 1. The van der Waals surface area contributed by atoms with E-state index in [9.17, 15) is 0 Å².